The fourth-order valence-corrected chi connectivity index (χ4v) is 10.0. The predicted molar refractivity (Wildman–Crippen MR) is 245 cm³/mol. The minimum atomic E-state index is -0.725. The number of nitrogens with zero attached hydrogens (tertiary/aromatic N) is 8. The Kier molecular flexibility index (Phi) is 12.4. The number of imidazole rings is 1. The van der Waals surface area contributed by atoms with Crippen molar-refractivity contribution in [1.29, 1.82) is 0 Å². The molecule has 1 N–H and O–H groups in total. The molecule has 3 aliphatic rings. The largest absolute Gasteiger partial charge is 0.450 e. The minimum Gasteiger partial charge on any atom is -0.450 e. The van der Waals surface area contributed by atoms with Gasteiger partial charge in [-0.15, -0.1) is 0 Å². The Labute approximate surface area is 376 Å². The van der Waals surface area contributed by atoms with Crippen LogP contribution in [0.2, 0.25) is 0 Å². The number of hydrogen-bond donors (Lipinski definition) is 1. The summed E-state index contributed by atoms with van der Waals surface area (Å²) in [5.41, 5.74) is 5.71. The number of piperidine rings is 2. The van der Waals surface area contributed by atoms with Gasteiger partial charge in [0, 0.05) is 121 Å². The number of amides is 4. The van der Waals surface area contributed by atoms with Crippen molar-refractivity contribution in [2.24, 2.45) is 7.05 Å². The molecule has 4 amide bonds. The van der Waals surface area contributed by atoms with Crippen LogP contribution in [0.5, 0.6) is 0 Å². The van der Waals surface area contributed by atoms with Crippen LogP contribution in [0.1, 0.15) is 79.1 Å². The van der Waals surface area contributed by atoms with Crippen LogP contribution >= 0.6 is 0 Å². The molecule has 3 aromatic heterocycles. The second-order valence-electron chi connectivity index (χ2n) is 17.7. The summed E-state index contributed by atoms with van der Waals surface area (Å²) in [4.78, 5) is 73.0. The Morgan fingerprint density at radius 2 is 1.77 bits per heavy atom. The summed E-state index contributed by atoms with van der Waals surface area (Å²) in [5, 5.41) is 6.86. The zero-order valence-corrected chi connectivity index (χ0v) is 37.3. The minimum absolute atomic E-state index is 0.0171. The highest BCUT2D eigenvalue weighted by Gasteiger charge is 2.33. The first kappa shape index (κ1) is 43.7. The number of benzene rings is 3. The van der Waals surface area contributed by atoms with Crippen molar-refractivity contribution in [3.63, 3.8) is 0 Å². The number of furan rings is 1. The lowest BCUT2D eigenvalue weighted by molar-refractivity contribution is -0.136. The molecule has 2 atom stereocenters. The molecule has 65 heavy (non-hydrogen) atoms. The Morgan fingerprint density at radius 1 is 0.969 bits per heavy atom. The summed E-state index contributed by atoms with van der Waals surface area (Å²) in [7, 11) is 3.45. The fourth-order valence-electron chi connectivity index (χ4n) is 10.0. The average molecular weight is 886 g/mol. The second kappa shape index (κ2) is 18.5. The monoisotopic (exact) mass is 885 g/mol. The van der Waals surface area contributed by atoms with Gasteiger partial charge < -0.3 is 19.1 Å². The number of aromatic nitrogens is 4. The predicted octanol–water partition coefficient (Wildman–Crippen LogP) is 5.71. The van der Waals surface area contributed by atoms with Crippen molar-refractivity contribution in [3.05, 3.63) is 106 Å². The van der Waals surface area contributed by atoms with E-state index in [2.05, 4.69) is 32.3 Å². The zero-order chi connectivity index (χ0) is 45.4. The van der Waals surface area contributed by atoms with E-state index in [1.807, 2.05) is 60.5 Å². The van der Waals surface area contributed by atoms with E-state index in [1.54, 1.807) is 34.4 Å². The van der Waals surface area contributed by atoms with Gasteiger partial charge in [0.15, 0.2) is 5.76 Å². The van der Waals surface area contributed by atoms with Crippen molar-refractivity contribution >= 4 is 51.3 Å². The molecule has 9 rings (SSSR count). The van der Waals surface area contributed by atoms with Crippen LogP contribution in [0.3, 0.4) is 0 Å². The molecule has 15 nitrogen and oxygen atoms in total. The molecule has 3 fully saturated rings. The summed E-state index contributed by atoms with van der Waals surface area (Å²) >= 11 is 0. The Balaban J connectivity index is 0.906. The van der Waals surface area contributed by atoms with Gasteiger partial charge in [-0.05, 0) is 79.1 Å². The van der Waals surface area contributed by atoms with Crippen LogP contribution in [0, 0.1) is 5.82 Å². The number of imide groups is 1. The van der Waals surface area contributed by atoms with E-state index in [1.165, 1.54) is 10.6 Å². The van der Waals surface area contributed by atoms with Crippen molar-refractivity contribution in [2.75, 3.05) is 64.3 Å². The van der Waals surface area contributed by atoms with Crippen LogP contribution in [0.25, 0.3) is 33.1 Å². The molecular weight excluding hydrogens is 830 g/mol. The fraction of sp³-hybridized carbons (Fsp3) is 0.429. The van der Waals surface area contributed by atoms with Crippen molar-refractivity contribution < 1.29 is 28.0 Å². The highest BCUT2D eigenvalue weighted by molar-refractivity contribution is 6.01. The lowest BCUT2D eigenvalue weighted by Crippen LogP contribution is -2.47. The van der Waals surface area contributed by atoms with E-state index in [4.69, 9.17) is 4.42 Å². The second-order valence-corrected chi connectivity index (χ2v) is 17.7. The maximum atomic E-state index is 16.8. The average Bonchev–Trinajstić information content (AvgIpc) is 4.07. The van der Waals surface area contributed by atoms with E-state index in [0.29, 0.717) is 61.2 Å². The SMILES string of the molecule is CCCN(C)C(=O)c1cc2c(F)c([C@@H]3CCCN(C(=O)CCn4cccn4)C3)cc(-c3ccc(N4CCN(CCc5cccc6c5n(C)c(=O)n6C5CCC(=O)NC5=O)CC4)cc3)c2o1. The van der Waals surface area contributed by atoms with Gasteiger partial charge in [0.1, 0.15) is 17.4 Å². The molecule has 16 heteroatoms. The first-order valence-electron chi connectivity index (χ1n) is 22.9. The van der Waals surface area contributed by atoms with Gasteiger partial charge in [0.05, 0.1) is 16.4 Å². The topological polar surface area (TPSA) is 151 Å². The van der Waals surface area contributed by atoms with Crippen molar-refractivity contribution in [2.45, 2.75) is 70.4 Å². The molecule has 3 aliphatic heterocycles. The number of para-hydroxylation sites is 1. The lowest BCUT2D eigenvalue weighted by Gasteiger charge is -2.36. The zero-order valence-electron chi connectivity index (χ0n) is 37.3. The molecule has 3 aromatic carbocycles. The quantitative estimate of drug-likeness (QED) is 0.144. The van der Waals surface area contributed by atoms with Crippen LogP contribution in [-0.2, 0) is 34.4 Å². The number of rotatable bonds is 13. The van der Waals surface area contributed by atoms with E-state index >= 15 is 4.39 Å². The third kappa shape index (κ3) is 8.70. The van der Waals surface area contributed by atoms with Gasteiger partial charge in [-0.2, -0.15) is 5.10 Å². The van der Waals surface area contributed by atoms with Gasteiger partial charge in [0.25, 0.3) is 5.91 Å². The smallest absolute Gasteiger partial charge is 0.329 e. The normalized spacial score (nSPS) is 18.5. The van der Waals surface area contributed by atoms with Crippen LogP contribution in [0.4, 0.5) is 10.1 Å². The number of anilines is 1. The van der Waals surface area contributed by atoms with Crippen LogP contribution in [-0.4, -0.2) is 117 Å². The molecule has 0 bridgehead atoms. The van der Waals surface area contributed by atoms with Gasteiger partial charge in [0.2, 0.25) is 17.7 Å². The lowest BCUT2D eigenvalue weighted by atomic mass is 9.87. The Hall–Kier alpha value is -6.55. The van der Waals surface area contributed by atoms with E-state index in [-0.39, 0.29) is 46.9 Å². The number of fused-ring (bicyclic) bond motifs is 2. The van der Waals surface area contributed by atoms with E-state index < -0.39 is 17.8 Å². The molecule has 6 heterocycles. The number of carbonyl (C=O) groups excluding carboxylic acids is 4. The molecule has 1 unspecified atom stereocenters. The standard InChI is InChI=1S/C49H56FN9O6/c1-4-20-53(2)48(63)41-30-38-44(50)36(34-9-6-21-57(31-34)43(61)18-24-58-22-7-19-51-58)29-37(46(38)65-41)32-11-13-35(14-12-32)56-27-25-55(26-28-56)23-17-33-8-5-10-39-45(33)54(3)49(64)59(39)40-15-16-42(60)52-47(40)62/h5,7-8,10-14,19,22,29-30,34,40H,4,6,9,15-18,20-21,23-28,31H2,1-3H3,(H,52,60,62)/t34-,40?/m1/s1. The maximum Gasteiger partial charge on any atom is 0.329 e. The molecule has 3 saturated heterocycles. The molecule has 340 valence electrons. The van der Waals surface area contributed by atoms with Crippen molar-refractivity contribution in [3.8, 4) is 11.1 Å². The Morgan fingerprint density at radius 3 is 2.51 bits per heavy atom. The number of halogens is 1. The van der Waals surface area contributed by atoms with Gasteiger partial charge in [-0.1, -0.05) is 31.2 Å². The van der Waals surface area contributed by atoms with Gasteiger partial charge >= 0.3 is 5.69 Å². The maximum absolute atomic E-state index is 16.8. The van der Waals surface area contributed by atoms with Gasteiger partial charge in [-0.3, -0.25) is 43.2 Å². The van der Waals surface area contributed by atoms with E-state index in [9.17, 15) is 24.0 Å². The highest BCUT2D eigenvalue weighted by atomic mass is 19.1. The van der Waals surface area contributed by atoms with Crippen molar-refractivity contribution in [1.82, 2.24) is 38.9 Å². The van der Waals surface area contributed by atoms with E-state index in [0.717, 1.165) is 80.7 Å². The number of hydrogen-bond acceptors (Lipinski definition) is 9. The summed E-state index contributed by atoms with van der Waals surface area (Å²) in [6.45, 7) is 8.15. The first-order valence-corrected chi connectivity index (χ1v) is 22.9. The number of piperazine rings is 1. The molecule has 0 saturated carbocycles. The molecule has 6 aromatic rings. The molecule has 0 aliphatic carbocycles. The number of likely N-dealkylation sites (tertiary alicyclic amines) is 1. The third-order valence-corrected chi connectivity index (χ3v) is 13.5. The summed E-state index contributed by atoms with van der Waals surface area (Å²) in [5.74, 6) is -1.60. The number of aryl methyl sites for hydroxylation is 2. The number of nitrogens with one attached hydrogen (secondary N) is 1. The van der Waals surface area contributed by atoms with Crippen LogP contribution in [0.15, 0.2) is 82.3 Å². The summed E-state index contributed by atoms with van der Waals surface area (Å²) in [6, 6.07) is 18.6. The summed E-state index contributed by atoms with van der Waals surface area (Å²) < 4.78 is 27.9. The highest BCUT2D eigenvalue weighted by Crippen LogP contribution is 2.40. The molecule has 0 spiro atoms. The number of carbonyl (C=O) groups is 4. The summed E-state index contributed by atoms with van der Waals surface area (Å²) in [6.07, 6.45) is 7.31. The molecule has 0 radical (unpaired) electrons. The Bertz CT molecular complexity index is 2800. The van der Waals surface area contributed by atoms with Gasteiger partial charge in [-0.25, -0.2) is 9.18 Å². The first-order chi connectivity index (χ1) is 31.5. The van der Waals surface area contributed by atoms with Crippen LogP contribution < -0.4 is 15.9 Å². The molecular formula is C49H56FN9O6. The third-order valence-electron chi connectivity index (χ3n) is 13.5.